The summed E-state index contributed by atoms with van der Waals surface area (Å²) in [4.78, 5) is 41.2. The van der Waals surface area contributed by atoms with Crippen LogP contribution in [-0.4, -0.2) is 54.4 Å². The minimum absolute atomic E-state index is 0.0429. The largest absolute Gasteiger partial charge is 0.368 e. The van der Waals surface area contributed by atoms with Crippen LogP contribution in [0.5, 0.6) is 0 Å². The Balaban J connectivity index is 1.41. The standard InChI is InChI=1S/C23H25FN4O4/c1-15-4-3-5-20(16(15)2)25-8-10-26(11-9-25)23(30)17-12-22(29)27(14-17)18-6-7-19(24)21(13-18)28(31)32/h3-7,13,17H,8-12,14H2,1-2H3. The molecule has 0 radical (unpaired) electrons. The fourth-order valence-corrected chi connectivity index (χ4v) is 4.44. The molecule has 4 rings (SSSR count). The minimum Gasteiger partial charge on any atom is -0.368 e. The van der Waals surface area contributed by atoms with Crippen LogP contribution >= 0.6 is 0 Å². The first-order valence-electron chi connectivity index (χ1n) is 10.6. The molecule has 0 spiro atoms. The molecule has 0 aliphatic carbocycles. The molecule has 0 aromatic heterocycles. The molecule has 2 aromatic carbocycles. The molecule has 9 heteroatoms. The Labute approximate surface area is 185 Å². The van der Waals surface area contributed by atoms with Gasteiger partial charge in [-0.2, -0.15) is 4.39 Å². The molecule has 2 aliphatic rings. The number of nitrogens with zero attached hydrogens (tertiary/aromatic N) is 4. The minimum atomic E-state index is -0.959. The van der Waals surface area contributed by atoms with E-state index < -0.39 is 22.3 Å². The number of anilines is 2. The zero-order chi connectivity index (χ0) is 23.0. The molecule has 8 nitrogen and oxygen atoms in total. The van der Waals surface area contributed by atoms with E-state index in [0.29, 0.717) is 26.2 Å². The molecular formula is C23H25FN4O4. The number of amides is 2. The summed E-state index contributed by atoms with van der Waals surface area (Å²) in [6.45, 7) is 6.88. The van der Waals surface area contributed by atoms with Crippen molar-refractivity contribution in [2.75, 3.05) is 42.5 Å². The Morgan fingerprint density at radius 2 is 1.84 bits per heavy atom. The molecule has 168 valence electrons. The van der Waals surface area contributed by atoms with Gasteiger partial charge in [-0.3, -0.25) is 19.7 Å². The molecule has 32 heavy (non-hydrogen) atoms. The van der Waals surface area contributed by atoms with Crippen molar-refractivity contribution in [1.82, 2.24) is 4.90 Å². The molecule has 1 atom stereocenters. The molecule has 2 fully saturated rings. The van der Waals surface area contributed by atoms with Gasteiger partial charge in [-0.05, 0) is 43.2 Å². The van der Waals surface area contributed by atoms with Gasteiger partial charge in [0.2, 0.25) is 17.6 Å². The molecule has 1 unspecified atom stereocenters. The third kappa shape index (κ3) is 4.02. The third-order valence-electron chi connectivity index (χ3n) is 6.42. The quantitative estimate of drug-likeness (QED) is 0.539. The number of rotatable bonds is 4. The summed E-state index contributed by atoms with van der Waals surface area (Å²) in [5.74, 6) is -1.85. The van der Waals surface area contributed by atoms with Crippen LogP contribution in [0.15, 0.2) is 36.4 Å². The maximum Gasteiger partial charge on any atom is 0.306 e. The van der Waals surface area contributed by atoms with Crippen molar-refractivity contribution < 1.29 is 18.9 Å². The van der Waals surface area contributed by atoms with Gasteiger partial charge in [0.15, 0.2) is 0 Å². The van der Waals surface area contributed by atoms with Crippen LogP contribution in [0.25, 0.3) is 0 Å². The second-order valence-electron chi connectivity index (χ2n) is 8.33. The van der Waals surface area contributed by atoms with Gasteiger partial charge in [0, 0.05) is 50.9 Å². The highest BCUT2D eigenvalue weighted by Gasteiger charge is 2.38. The Morgan fingerprint density at radius 3 is 2.53 bits per heavy atom. The van der Waals surface area contributed by atoms with Gasteiger partial charge >= 0.3 is 5.69 Å². The van der Waals surface area contributed by atoms with E-state index in [9.17, 15) is 24.1 Å². The summed E-state index contributed by atoms with van der Waals surface area (Å²) in [5, 5.41) is 11.0. The number of carbonyl (C=O) groups is 2. The monoisotopic (exact) mass is 440 g/mol. The summed E-state index contributed by atoms with van der Waals surface area (Å²) in [7, 11) is 0. The summed E-state index contributed by atoms with van der Waals surface area (Å²) >= 11 is 0. The fraction of sp³-hybridized carbons (Fsp3) is 0.391. The van der Waals surface area contributed by atoms with Crippen LogP contribution in [0.2, 0.25) is 0 Å². The normalized spacial score (nSPS) is 18.9. The Hall–Kier alpha value is -3.49. The van der Waals surface area contributed by atoms with Crippen molar-refractivity contribution in [3.8, 4) is 0 Å². The van der Waals surface area contributed by atoms with Crippen molar-refractivity contribution in [1.29, 1.82) is 0 Å². The topological polar surface area (TPSA) is 87.0 Å². The first kappa shape index (κ1) is 21.7. The summed E-state index contributed by atoms with van der Waals surface area (Å²) in [5.41, 5.74) is 3.19. The lowest BCUT2D eigenvalue weighted by Gasteiger charge is -2.38. The van der Waals surface area contributed by atoms with Crippen molar-refractivity contribution in [3.05, 3.63) is 63.5 Å². The Bertz CT molecular complexity index is 1080. The zero-order valence-corrected chi connectivity index (χ0v) is 18.1. The van der Waals surface area contributed by atoms with E-state index in [4.69, 9.17) is 0 Å². The van der Waals surface area contributed by atoms with Gasteiger partial charge in [-0.25, -0.2) is 0 Å². The van der Waals surface area contributed by atoms with E-state index >= 15 is 0 Å². The van der Waals surface area contributed by atoms with Gasteiger partial charge in [-0.1, -0.05) is 12.1 Å². The van der Waals surface area contributed by atoms with Crippen molar-refractivity contribution >= 4 is 28.9 Å². The zero-order valence-electron chi connectivity index (χ0n) is 18.1. The van der Waals surface area contributed by atoms with E-state index in [1.165, 1.54) is 27.8 Å². The average Bonchev–Trinajstić information content (AvgIpc) is 3.17. The predicted octanol–water partition coefficient (Wildman–Crippen LogP) is 3.05. The van der Waals surface area contributed by atoms with Gasteiger partial charge in [0.05, 0.1) is 16.5 Å². The van der Waals surface area contributed by atoms with Crippen LogP contribution in [0, 0.1) is 35.7 Å². The number of nitro groups is 1. The van der Waals surface area contributed by atoms with Gasteiger partial charge in [-0.15, -0.1) is 0 Å². The lowest BCUT2D eigenvalue weighted by atomic mass is 10.1. The van der Waals surface area contributed by atoms with Crippen LogP contribution in [0.4, 0.5) is 21.5 Å². The second-order valence-corrected chi connectivity index (χ2v) is 8.33. The second kappa shape index (κ2) is 8.57. The number of carbonyl (C=O) groups excluding carboxylic acids is 2. The van der Waals surface area contributed by atoms with Crippen molar-refractivity contribution in [2.45, 2.75) is 20.3 Å². The fourth-order valence-electron chi connectivity index (χ4n) is 4.44. The molecule has 2 heterocycles. The van der Waals surface area contributed by atoms with Crippen molar-refractivity contribution in [2.24, 2.45) is 5.92 Å². The number of piperazine rings is 1. The highest BCUT2D eigenvalue weighted by atomic mass is 19.1. The first-order chi connectivity index (χ1) is 15.3. The number of nitro benzene ring substituents is 1. The van der Waals surface area contributed by atoms with Crippen molar-refractivity contribution in [3.63, 3.8) is 0 Å². The number of benzene rings is 2. The van der Waals surface area contributed by atoms with Gasteiger partial charge in [0.25, 0.3) is 0 Å². The molecular weight excluding hydrogens is 415 g/mol. The average molecular weight is 440 g/mol. The molecule has 2 saturated heterocycles. The summed E-state index contributed by atoms with van der Waals surface area (Å²) in [6, 6.07) is 9.56. The number of hydrogen-bond acceptors (Lipinski definition) is 5. The van der Waals surface area contributed by atoms with Gasteiger partial charge < -0.3 is 14.7 Å². The number of halogens is 1. The summed E-state index contributed by atoms with van der Waals surface area (Å²) in [6.07, 6.45) is 0.0429. The lowest BCUT2D eigenvalue weighted by Crippen LogP contribution is -2.51. The molecule has 0 N–H and O–H groups in total. The third-order valence-corrected chi connectivity index (χ3v) is 6.42. The van der Waals surface area contributed by atoms with Crippen LogP contribution in [-0.2, 0) is 9.59 Å². The highest BCUT2D eigenvalue weighted by molar-refractivity contribution is 6.00. The molecule has 2 amide bonds. The Kier molecular flexibility index (Phi) is 5.82. The van der Waals surface area contributed by atoms with Crippen LogP contribution < -0.4 is 9.80 Å². The maximum absolute atomic E-state index is 13.6. The highest BCUT2D eigenvalue weighted by Crippen LogP contribution is 2.31. The SMILES string of the molecule is Cc1cccc(N2CCN(C(=O)C3CC(=O)N(c4ccc(F)c([N+](=O)[O-])c4)C3)CC2)c1C. The van der Waals surface area contributed by atoms with E-state index in [2.05, 4.69) is 30.9 Å². The van der Waals surface area contributed by atoms with E-state index in [0.717, 1.165) is 12.1 Å². The molecule has 2 aliphatic heterocycles. The first-order valence-corrected chi connectivity index (χ1v) is 10.6. The molecule has 0 bridgehead atoms. The molecule has 0 saturated carbocycles. The van der Waals surface area contributed by atoms with Crippen LogP contribution in [0.1, 0.15) is 17.5 Å². The number of hydrogen-bond donors (Lipinski definition) is 0. The maximum atomic E-state index is 13.6. The summed E-state index contributed by atoms with van der Waals surface area (Å²) < 4.78 is 13.6. The smallest absolute Gasteiger partial charge is 0.306 e. The van der Waals surface area contributed by atoms with E-state index in [1.807, 2.05) is 6.07 Å². The van der Waals surface area contributed by atoms with Crippen LogP contribution in [0.3, 0.4) is 0 Å². The predicted molar refractivity (Wildman–Crippen MR) is 118 cm³/mol. The molecule has 2 aromatic rings. The van der Waals surface area contributed by atoms with Gasteiger partial charge in [0.1, 0.15) is 0 Å². The number of aryl methyl sites for hydroxylation is 1. The Morgan fingerprint density at radius 1 is 1.12 bits per heavy atom. The lowest BCUT2D eigenvalue weighted by molar-refractivity contribution is -0.387. The van der Waals surface area contributed by atoms with E-state index in [-0.39, 0.29) is 30.5 Å². The van der Waals surface area contributed by atoms with E-state index in [1.54, 1.807) is 4.90 Å².